The Morgan fingerprint density at radius 2 is 1.83 bits per heavy atom. The summed E-state index contributed by atoms with van der Waals surface area (Å²) in [5.74, 6) is 0. The molecule has 0 aliphatic carbocycles. The Hall–Kier alpha value is -1.42. The maximum Gasteiger partial charge on any atom is 0.410 e. The van der Waals surface area contributed by atoms with Gasteiger partial charge in [-0.15, -0.1) is 0 Å². The van der Waals surface area contributed by atoms with Crippen molar-refractivity contribution in [2.45, 2.75) is 59.6 Å². The second-order valence-electron chi connectivity index (χ2n) is 7.69. The lowest BCUT2D eigenvalue weighted by molar-refractivity contribution is 0.00749. The van der Waals surface area contributed by atoms with E-state index in [1.807, 2.05) is 66.7 Å². The lowest BCUT2D eigenvalue weighted by Crippen LogP contribution is -2.49. The van der Waals surface area contributed by atoms with Gasteiger partial charge in [-0.3, -0.25) is 0 Å². The Balaban J connectivity index is 2.70. The Labute approximate surface area is 145 Å². The van der Waals surface area contributed by atoms with Gasteiger partial charge in [0.05, 0.1) is 0 Å². The van der Waals surface area contributed by atoms with Crippen molar-refractivity contribution in [1.29, 1.82) is 0 Å². The number of carbonyl (C=O) groups excluding carboxylic acids is 1. The van der Waals surface area contributed by atoms with E-state index in [0.717, 1.165) is 16.3 Å². The molecule has 1 aromatic rings. The molecule has 0 radical (unpaired) electrons. The molecule has 23 heavy (non-hydrogen) atoms. The van der Waals surface area contributed by atoms with Crippen LogP contribution >= 0.6 is 11.6 Å². The molecule has 0 aliphatic rings. The molecule has 0 bridgehead atoms. The van der Waals surface area contributed by atoms with Crippen LogP contribution in [0, 0.1) is 6.92 Å². The number of benzene rings is 1. The van der Waals surface area contributed by atoms with E-state index in [0.29, 0.717) is 13.1 Å². The molecule has 130 valence electrons. The fourth-order valence-corrected chi connectivity index (χ4v) is 2.37. The van der Waals surface area contributed by atoms with Crippen LogP contribution in [0.4, 0.5) is 10.5 Å². The normalized spacial score (nSPS) is 12.0. The summed E-state index contributed by atoms with van der Waals surface area (Å²) in [4.78, 5) is 14.2. The number of ether oxygens (including phenoxy) is 1. The first-order valence-corrected chi connectivity index (χ1v) is 8.28. The van der Waals surface area contributed by atoms with Gasteiger partial charge in [-0.2, -0.15) is 0 Å². The van der Waals surface area contributed by atoms with Crippen LogP contribution < -0.4 is 5.32 Å². The molecule has 0 spiro atoms. The lowest BCUT2D eigenvalue weighted by atomic mass is 10.1. The summed E-state index contributed by atoms with van der Waals surface area (Å²) in [6, 6.07) is 5.72. The summed E-state index contributed by atoms with van der Waals surface area (Å²) in [6.07, 6.45) is -0.292. The first kappa shape index (κ1) is 19.6. The minimum Gasteiger partial charge on any atom is -0.444 e. The van der Waals surface area contributed by atoms with Gasteiger partial charge < -0.3 is 15.0 Å². The number of halogens is 1. The molecule has 0 saturated carbocycles. The average molecular weight is 341 g/mol. The summed E-state index contributed by atoms with van der Waals surface area (Å²) < 4.78 is 5.51. The second-order valence-corrected chi connectivity index (χ2v) is 8.13. The molecule has 1 aromatic carbocycles. The van der Waals surface area contributed by atoms with E-state index in [4.69, 9.17) is 16.3 Å². The molecule has 0 aliphatic heterocycles. The number of rotatable bonds is 4. The smallest absolute Gasteiger partial charge is 0.410 e. The van der Waals surface area contributed by atoms with Crippen LogP contribution in [0.5, 0.6) is 0 Å². The molecule has 0 heterocycles. The fraction of sp³-hybridized carbons (Fsp3) is 0.611. The van der Waals surface area contributed by atoms with E-state index >= 15 is 0 Å². The predicted octanol–water partition coefficient (Wildman–Crippen LogP) is 5.10. The third-order valence-electron chi connectivity index (χ3n) is 3.26. The number of anilines is 1. The van der Waals surface area contributed by atoms with E-state index in [9.17, 15) is 4.79 Å². The first-order chi connectivity index (χ1) is 10.4. The van der Waals surface area contributed by atoms with Gasteiger partial charge in [0.1, 0.15) is 5.60 Å². The third-order valence-corrected chi connectivity index (χ3v) is 3.50. The minimum atomic E-state index is -0.499. The number of aryl methyl sites for hydroxylation is 1. The highest BCUT2D eigenvalue weighted by Crippen LogP contribution is 2.21. The van der Waals surface area contributed by atoms with Crippen molar-refractivity contribution in [1.82, 2.24) is 4.90 Å². The average Bonchev–Trinajstić information content (AvgIpc) is 2.32. The van der Waals surface area contributed by atoms with Crippen molar-refractivity contribution in [3.05, 3.63) is 28.8 Å². The van der Waals surface area contributed by atoms with Crippen LogP contribution in [0.25, 0.3) is 0 Å². The largest absolute Gasteiger partial charge is 0.444 e. The zero-order valence-corrected chi connectivity index (χ0v) is 16.0. The van der Waals surface area contributed by atoms with Gasteiger partial charge in [0, 0.05) is 29.3 Å². The number of hydrogen-bond acceptors (Lipinski definition) is 3. The van der Waals surface area contributed by atoms with E-state index in [1.165, 1.54) is 0 Å². The van der Waals surface area contributed by atoms with Crippen molar-refractivity contribution < 1.29 is 9.53 Å². The highest BCUT2D eigenvalue weighted by atomic mass is 35.5. The van der Waals surface area contributed by atoms with Gasteiger partial charge >= 0.3 is 6.09 Å². The van der Waals surface area contributed by atoms with E-state index in [-0.39, 0.29) is 11.6 Å². The van der Waals surface area contributed by atoms with Crippen LogP contribution in [0.1, 0.15) is 47.1 Å². The number of nitrogens with zero attached hydrogens (tertiary/aromatic N) is 1. The SMILES string of the molecule is Cc1cc(Cl)ccc1NCCN(C(=O)OC(C)(C)C)C(C)(C)C. The van der Waals surface area contributed by atoms with Crippen LogP contribution in [0.15, 0.2) is 18.2 Å². The maximum atomic E-state index is 12.4. The summed E-state index contributed by atoms with van der Waals surface area (Å²) in [5.41, 5.74) is 1.30. The highest BCUT2D eigenvalue weighted by molar-refractivity contribution is 6.30. The predicted molar refractivity (Wildman–Crippen MR) is 97.4 cm³/mol. The van der Waals surface area contributed by atoms with Crippen molar-refractivity contribution in [2.75, 3.05) is 18.4 Å². The monoisotopic (exact) mass is 340 g/mol. The Bertz CT molecular complexity index is 545. The van der Waals surface area contributed by atoms with Gasteiger partial charge in [0.2, 0.25) is 0 Å². The molecule has 1 rings (SSSR count). The quantitative estimate of drug-likeness (QED) is 0.829. The summed E-state index contributed by atoms with van der Waals surface area (Å²) in [5, 5.41) is 4.07. The van der Waals surface area contributed by atoms with Crippen molar-refractivity contribution >= 4 is 23.4 Å². The number of nitrogens with one attached hydrogen (secondary N) is 1. The molecule has 1 N–H and O–H groups in total. The van der Waals surface area contributed by atoms with Crippen molar-refractivity contribution in [3.8, 4) is 0 Å². The maximum absolute atomic E-state index is 12.4. The van der Waals surface area contributed by atoms with E-state index in [1.54, 1.807) is 4.90 Å². The highest BCUT2D eigenvalue weighted by Gasteiger charge is 2.30. The Kier molecular flexibility index (Phi) is 6.34. The zero-order valence-electron chi connectivity index (χ0n) is 15.3. The molecule has 0 unspecified atom stereocenters. The van der Waals surface area contributed by atoms with Gasteiger partial charge in [-0.25, -0.2) is 4.79 Å². The number of hydrogen-bond donors (Lipinski definition) is 1. The zero-order chi connectivity index (χ0) is 17.8. The van der Waals surface area contributed by atoms with E-state index < -0.39 is 5.60 Å². The Morgan fingerprint density at radius 3 is 2.30 bits per heavy atom. The van der Waals surface area contributed by atoms with Gasteiger partial charge in [0.25, 0.3) is 0 Å². The third kappa shape index (κ3) is 6.69. The topological polar surface area (TPSA) is 41.6 Å². The van der Waals surface area contributed by atoms with Gasteiger partial charge in [-0.1, -0.05) is 11.6 Å². The van der Waals surface area contributed by atoms with Crippen LogP contribution in [0.2, 0.25) is 5.02 Å². The standard InChI is InChI=1S/C18H29ClN2O2/c1-13-12-14(19)8-9-15(13)20-10-11-21(17(2,3)4)16(22)23-18(5,6)7/h8-9,12,20H,10-11H2,1-7H3. The second kappa shape index (κ2) is 7.43. The molecule has 0 fully saturated rings. The summed E-state index contributed by atoms with van der Waals surface area (Å²) in [7, 11) is 0. The van der Waals surface area contributed by atoms with Crippen LogP contribution in [0.3, 0.4) is 0 Å². The van der Waals surface area contributed by atoms with Crippen molar-refractivity contribution in [3.63, 3.8) is 0 Å². The van der Waals surface area contributed by atoms with Crippen LogP contribution in [-0.2, 0) is 4.74 Å². The lowest BCUT2D eigenvalue weighted by Gasteiger charge is -2.37. The van der Waals surface area contributed by atoms with Gasteiger partial charge in [-0.05, 0) is 72.2 Å². The summed E-state index contributed by atoms with van der Waals surface area (Å²) >= 11 is 5.97. The molecule has 0 atom stereocenters. The molecular weight excluding hydrogens is 312 g/mol. The van der Waals surface area contributed by atoms with Gasteiger partial charge in [0.15, 0.2) is 0 Å². The Morgan fingerprint density at radius 1 is 1.22 bits per heavy atom. The fourth-order valence-electron chi connectivity index (χ4n) is 2.15. The molecule has 4 nitrogen and oxygen atoms in total. The molecule has 1 amide bonds. The molecule has 0 aromatic heterocycles. The number of carbonyl (C=O) groups is 1. The minimum absolute atomic E-state index is 0.292. The summed E-state index contributed by atoms with van der Waals surface area (Å²) in [6.45, 7) is 14.8. The van der Waals surface area contributed by atoms with Crippen LogP contribution in [-0.4, -0.2) is 35.2 Å². The first-order valence-electron chi connectivity index (χ1n) is 7.91. The van der Waals surface area contributed by atoms with Crippen molar-refractivity contribution in [2.24, 2.45) is 0 Å². The molecule has 5 heteroatoms. The molecular formula is C18H29ClN2O2. The molecule has 0 saturated heterocycles. The number of amides is 1. The van der Waals surface area contributed by atoms with E-state index in [2.05, 4.69) is 5.32 Å².